The second kappa shape index (κ2) is 13.1. The topological polar surface area (TPSA) is 125 Å². The molecule has 0 radical (unpaired) electrons. The number of halogens is 2. The van der Waals surface area contributed by atoms with Gasteiger partial charge in [-0.15, -0.1) is 5.10 Å². The van der Waals surface area contributed by atoms with Crippen molar-refractivity contribution < 1.29 is 17.6 Å². The smallest absolute Gasteiger partial charge is 0.319 e. The average Bonchev–Trinajstić information content (AvgIpc) is 3.36. The summed E-state index contributed by atoms with van der Waals surface area (Å²) in [7, 11) is -1.61. The van der Waals surface area contributed by atoms with Crippen LogP contribution in [0, 0.1) is 17.7 Å². The minimum absolute atomic E-state index is 0.0772. The van der Waals surface area contributed by atoms with E-state index in [1.807, 2.05) is 18.2 Å². The lowest BCUT2D eigenvalue weighted by atomic mass is 9.88. The molecule has 3 atom stereocenters. The molecule has 2 amide bonds. The van der Waals surface area contributed by atoms with Crippen molar-refractivity contribution >= 4 is 37.7 Å². The number of sulfonamides is 1. The molecule has 0 spiro atoms. The number of aromatic nitrogens is 4. The van der Waals surface area contributed by atoms with Crippen LogP contribution in [0.1, 0.15) is 24.8 Å². The van der Waals surface area contributed by atoms with E-state index in [-0.39, 0.29) is 23.8 Å². The van der Waals surface area contributed by atoms with Gasteiger partial charge < -0.3 is 15.5 Å². The Hall–Kier alpha value is -2.94. The summed E-state index contributed by atoms with van der Waals surface area (Å²) >= 11 is 3.50. The van der Waals surface area contributed by atoms with E-state index in [1.165, 1.54) is 22.7 Å². The highest BCUT2D eigenvalue weighted by molar-refractivity contribution is 9.10. The van der Waals surface area contributed by atoms with E-state index >= 15 is 0 Å². The Bertz CT molecular complexity index is 1500. The van der Waals surface area contributed by atoms with Crippen LogP contribution >= 0.6 is 15.9 Å². The zero-order valence-corrected chi connectivity index (χ0v) is 26.1. The third-order valence-electron chi connectivity index (χ3n) is 8.05. The largest absolute Gasteiger partial charge is 0.335 e. The van der Waals surface area contributed by atoms with E-state index in [0.717, 1.165) is 48.0 Å². The highest BCUT2D eigenvalue weighted by atomic mass is 79.9. The summed E-state index contributed by atoms with van der Waals surface area (Å²) in [5.74, 6) is 0.685. The van der Waals surface area contributed by atoms with Gasteiger partial charge in [0.15, 0.2) is 5.82 Å². The van der Waals surface area contributed by atoms with E-state index in [0.29, 0.717) is 43.5 Å². The molecule has 0 bridgehead atoms. The maximum absolute atomic E-state index is 13.4. The van der Waals surface area contributed by atoms with Gasteiger partial charge in [0, 0.05) is 60.9 Å². The molecule has 0 saturated carbocycles. The fourth-order valence-corrected chi connectivity index (χ4v) is 7.44. The van der Waals surface area contributed by atoms with Crippen LogP contribution in [0.25, 0.3) is 11.4 Å². The predicted molar refractivity (Wildman–Crippen MR) is 162 cm³/mol. The summed E-state index contributed by atoms with van der Waals surface area (Å²) < 4.78 is 42.0. The minimum atomic E-state index is -3.36. The van der Waals surface area contributed by atoms with Crippen molar-refractivity contribution in [1.82, 2.24) is 34.7 Å². The number of tetrazole rings is 1. The number of carbonyl (C=O) groups is 1. The number of aryl methyl sites for hydroxylation is 1. The van der Waals surface area contributed by atoms with Crippen LogP contribution in [0.3, 0.4) is 0 Å². The van der Waals surface area contributed by atoms with Gasteiger partial charge in [-0.3, -0.25) is 0 Å². The number of nitrogens with zero attached hydrogens (tertiary/aromatic N) is 6. The molecular weight excluding hydrogens is 627 g/mol. The Morgan fingerprint density at radius 2 is 1.90 bits per heavy atom. The summed E-state index contributed by atoms with van der Waals surface area (Å²) in [5, 5.41) is 17.7. The molecule has 0 aliphatic carbocycles. The lowest BCUT2D eigenvalue weighted by molar-refractivity contribution is 0.111. The first-order valence-electron chi connectivity index (χ1n) is 14.1. The summed E-state index contributed by atoms with van der Waals surface area (Å²) in [5.41, 5.74) is 2.43. The highest BCUT2D eigenvalue weighted by Gasteiger charge is 2.36. The van der Waals surface area contributed by atoms with Crippen molar-refractivity contribution in [2.24, 2.45) is 18.9 Å². The molecule has 2 fully saturated rings. The fourth-order valence-electron chi connectivity index (χ4n) is 6.04. The van der Waals surface area contributed by atoms with Gasteiger partial charge in [0.2, 0.25) is 10.0 Å². The third-order valence-corrected chi connectivity index (χ3v) is 9.78. The Labute approximate surface area is 254 Å². The number of carbonyl (C=O) groups excluding carboxylic acids is 1. The lowest BCUT2D eigenvalue weighted by Gasteiger charge is -2.42. The highest BCUT2D eigenvalue weighted by Crippen LogP contribution is 2.28. The van der Waals surface area contributed by atoms with Crippen molar-refractivity contribution in [2.45, 2.75) is 31.7 Å². The molecule has 2 aliphatic heterocycles. The maximum atomic E-state index is 13.4. The molecule has 14 heteroatoms. The monoisotopic (exact) mass is 662 g/mol. The number of piperidine rings is 2. The zero-order valence-electron chi connectivity index (χ0n) is 23.7. The number of nitrogens with one attached hydrogen (secondary N) is 2. The molecule has 42 heavy (non-hydrogen) atoms. The van der Waals surface area contributed by atoms with Crippen molar-refractivity contribution in [1.29, 1.82) is 0 Å². The van der Waals surface area contributed by atoms with Crippen LogP contribution in [0.2, 0.25) is 0 Å². The van der Waals surface area contributed by atoms with Crippen LogP contribution < -0.4 is 10.6 Å². The van der Waals surface area contributed by atoms with Crippen LogP contribution in [0.4, 0.5) is 14.9 Å². The molecule has 11 nitrogen and oxygen atoms in total. The van der Waals surface area contributed by atoms with Crippen molar-refractivity contribution in [3.8, 4) is 11.4 Å². The van der Waals surface area contributed by atoms with Gasteiger partial charge in [-0.25, -0.2) is 26.6 Å². The number of likely N-dealkylation sites (tertiary alicyclic amines) is 1. The number of hydrogen-bond donors (Lipinski definition) is 2. The third kappa shape index (κ3) is 7.91. The number of urea groups is 1. The molecule has 5 rings (SSSR count). The van der Waals surface area contributed by atoms with Gasteiger partial charge in [-0.05, 0) is 84.5 Å². The second-order valence-electron chi connectivity index (χ2n) is 11.3. The van der Waals surface area contributed by atoms with Crippen molar-refractivity contribution in [2.75, 3.05) is 44.3 Å². The number of anilines is 1. The van der Waals surface area contributed by atoms with E-state index in [4.69, 9.17) is 0 Å². The SMILES string of the molecule is Cn1nnnc1-c1cc(Br)cc(NC(=O)N[C@@H]2CCN(S(C)(=O)=O)C[C@H]2CN2CCCC(Cc3ccc(F)cc3)C2)c1. The van der Waals surface area contributed by atoms with E-state index in [9.17, 15) is 17.6 Å². The molecule has 3 aromatic rings. The van der Waals surface area contributed by atoms with Crippen LogP contribution in [-0.4, -0.2) is 88.9 Å². The molecule has 3 heterocycles. The predicted octanol–water partition coefficient (Wildman–Crippen LogP) is 3.51. The minimum Gasteiger partial charge on any atom is -0.335 e. The first-order chi connectivity index (χ1) is 20.0. The van der Waals surface area contributed by atoms with Gasteiger partial charge in [0.1, 0.15) is 5.82 Å². The van der Waals surface area contributed by atoms with Gasteiger partial charge in [0.05, 0.1) is 6.26 Å². The zero-order chi connectivity index (χ0) is 29.9. The van der Waals surface area contributed by atoms with E-state index in [1.54, 1.807) is 23.9 Å². The number of amides is 2. The molecule has 1 unspecified atom stereocenters. The van der Waals surface area contributed by atoms with Crippen LogP contribution in [0.15, 0.2) is 46.9 Å². The van der Waals surface area contributed by atoms with Crippen molar-refractivity contribution in [3.05, 3.63) is 58.3 Å². The van der Waals surface area contributed by atoms with Gasteiger partial charge in [0.25, 0.3) is 0 Å². The Balaban J connectivity index is 1.25. The summed E-state index contributed by atoms with van der Waals surface area (Å²) in [6.45, 7) is 3.18. The normalized spacial score (nSPS) is 22.1. The lowest BCUT2D eigenvalue weighted by Crippen LogP contribution is -2.56. The Morgan fingerprint density at radius 3 is 2.62 bits per heavy atom. The molecular formula is C28H36BrFN8O3S. The molecule has 2 N–H and O–H groups in total. The van der Waals surface area contributed by atoms with Gasteiger partial charge in [-0.2, -0.15) is 0 Å². The summed E-state index contributed by atoms with van der Waals surface area (Å²) in [4.78, 5) is 15.6. The van der Waals surface area contributed by atoms with E-state index < -0.39 is 10.0 Å². The molecule has 2 saturated heterocycles. The van der Waals surface area contributed by atoms with E-state index in [2.05, 4.69) is 47.0 Å². The first-order valence-corrected chi connectivity index (χ1v) is 16.7. The van der Waals surface area contributed by atoms with Crippen molar-refractivity contribution in [3.63, 3.8) is 0 Å². The number of hydrogen-bond acceptors (Lipinski definition) is 7. The number of rotatable bonds is 8. The molecule has 1 aromatic heterocycles. The van der Waals surface area contributed by atoms with Crippen LogP contribution in [0.5, 0.6) is 0 Å². The summed E-state index contributed by atoms with van der Waals surface area (Å²) in [6, 6.07) is 11.6. The fraction of sp³-hybridized carbons (Fsp3) is 0.500. The van der Waals surface area contributed by atoms with Crippen LogP contribution in [-0.2, 0) is 23.5 Å². The first kappa shape index (κ1) is 30.5. The van der Waals surface area contributed by atoms with Gasteiger partial charge >= 0.3 is 6.03 Å². The maximum Gasteiger partial charge on any atom is 0.319 e. The Morgan fingerprint density at radius 1 is 1.12 bits per heavy atom. The Kier molecular flexibility index (Phi) is 9.55. The average molecular weight is 664 g/mol. The molecule has 2 aromatic carbocycles. The standard InChI is InChI=1S/C28H36BrFN8O3S/c1-36-27(33-34-35-36)21-13-23(29)15-25(14-21)31-28(39)32-26-9-11-38(42(2,40)41)18-22(26)17-37-10-3-4-20(16-37)12-19-5-7-24(30)8-6-19/h5-8,13-15,20,22,26H,3-4,9-12,16-18H2,1-2H3,(H2,31,32,39)/t20?,22-,26-/m1/s1. The number of benzene rings is 2. The molecule has 2 aliphatic rings. The molecule has 226 valence electrons. The quantitative estimate of drug-likeness (QED) is 0.378. The second-order valence-corrected chi connectivity index (χ2v) is 14.2. The van der Waals surface area contributed by atoms with Gasteiger partial charge in [-0.1, -0.05) is 28.1 Å². The summed E-state index contributed by atoms with van der Waals surface area (Å²) in [6.07, 6.45) is 4.77.